The summed E-state index contributed by atoms with van der Waals surface area (Å²) in [6.07, 6.45) is 1.23. The number of anilines is 2. The predicted octanol–water partition coefficient (Wildman–Crippen LogP) is 2.66. The Bertz CT molecular complexity index is 630. The molecule has 4 heteroatoms. The van der Waals surface area contributed by atoms with Crippen LogP contribution in [0.1, 0.15) is 18.9 Å². The van der Waals surface area contributed by atoms with E-state index in [1.807, 2.05) is 18.2 Å². The van der Waals surface area contributed by atoms with Gasteiger partial charge in [-0.3, -0.25) is 4.90 Å². The fourth-order valence-corrected chi connectivity index (χ4v) is 3.07. The van der Waals surface area contributed by atoms with Gasteiger partial charge >= 0.3 is 0 Å². The summed E-state index contributed by atoms with van der Waals surface area (Å²) in [7, 11) is 0. The topological polar surface area (TPSA) is 45.4 Å². The molecular formula is C17H24N4. The van der Waals surface area contributed by atoms with Gasteiger partial charge in [0.15, 0.2) is 0 Å². The average Bonchev–Trinajstić information content (AvgIpc) is 2.49. The van der Waals surface area contributed by atoms with Gasteiger partial charge in [-0.2, -0.15) is 0 Å². The lowest BCUT2D eigenvalue weighted by Crippen LogP contribution is -2.46. The number of fused-ring (bicyclic) bond motifs is 1. The molecule has 2 N–H and O–H groups in total. The number of benzene rings is 1. The van der Waals surface area contributed by atoms with Crippen molar-refractivity contribution in [1.29, 1.82) is 0 Å². The molecule has 2 aromatic rings. The number of nitrogens with zero attached hydrogens (tertiary/aromatic N) is 3. The Morgan fingerprint density at radius 3 is 2.62 bits per heavy atom. The van der Waals surface area contributed by atoms with Crippen LogP contribution in [0.2, 0.25) is 0 Å². The number of hydrogen-bond acceptors (Lipinski definition) is 4. The van der Waals surface area contributed by atoms with Crippen molar-refractivity contribution >= 4 is 22.4 Å². The highest BCUT2D eigenvalue weighted by Crippen LogP contribution is 2.25. The van der Waals surface area contributed by atoms with Gasteiger partial charge in [-0.25, -0.2) is 4.98 Å². The normalized spacial score (nSPS) is 16.6. The molecule has 112 valence electrons. The van der Waals surface area contributed by atoms with E-state index in [9.17, 15) is 0 Å². The number of nitrogen functional groups attached to an aromatic ring is 1. The van der Waals surface area contributed by atoms with E-state index < -0.39 is 0 Å². The van der Waals surface area contributed by atoms with Crippen LogP contribution in [-0.4, -0.2) is 42.6 Å². The zero-order chi connectivity index (χ0) is 14.8. The Balaban J connectivity index is 1.83. The molecule has 0 aliphatic carbocycles. The molecule has 4 nitrogen and oxygen atoms in total. The molecule has 1 saturated heterocycles. The monoisotopic (exact) mass is 284 g/mol. The van der Waals surface area contributed by atoms with E-state index in [-0.39, 0.29) is 0 Å². The highest BCUT2D eigenvalue weighted by molar-refractivity contribution is 5.86. The molecule has 1 aromatic heterocycles. The number of hydrogen-bond donors (Lipinski definition) is 1. The molecule has 0 unspecified atom stereocenters. The van der Waals surface area contributed by atoms with E-state index >= 15 is 0 Å². The van der Waals surface area contributed by atoms with Gasteiger partial charge in [0.25, 0.3) is 0 Å². The van der Waals surface area contributed by atoms with Crippen molar-refractivity contribution < 1.29 is 0 Å². The number of piperazine rings is 1. The third-order valence-corrected chi connectivity index (χ3v) is 4.26. The molecule has 0 radical (unpaired) electrons. The van der Waals surface area contributed by atoms with Crippen molar-refractivity contribution in [2.24, 2.45) is 0 Å². The SMILES string of the molecule is CCCN1CCN(c2cc(C)c3cc(N)ccc3n2)CC1. The Labute approximate surface area is 126 Å². The fourth-order valence-electron chi connectivity index (χ4n) is 3.07. The maximum Gasteiger partial charge on any atom is 0.129 e. The number of pyridine rings is 1. The molecule has 2 heterocycles. The zero-order valence-electron chi connectivity index (χ0n) is 13.0. The second kappa shape index (κ2) is 5.90. The van der Waals surface area contributed by atoms with Crippen molar-refractivity contribution in [2.75, 3.05) is 43.4 Å². The maximum absolute atomic E-state index is 5.87. The second-order valence-electron chi connectivity index (χ2n) is 5.90. The molecule has 0 spiro atoms. The standard InChI is InChI=1S/C17H24N4/c1-3-6-20-7-9-21(10-8-20)17-11-13(2)15-12-14(18)4-5-16(15)19-17/h4-5,11-12H,3,6-10,18H2,1-2H3. The molecule has 0 saturated carbocycles. The first-order valence-corrected chi connectivity index (χ1v) is 7.81. The molecule has 1 fully saturated rings. The van der Waals surface area contributed by atoms with Crippen LogP contribution >= 0.6 is 0 Å². The third-order valence-electron chi connectivity index (χ3n) is 4.26. The molecule has 1 aliphatic heterocycles. The molecule has 1 aliphatic rings. The zero-order valence-corrected chi connectivity index (χ0v) is 13.0. The smallest absolute Gasteiger partial charge is 0.129 e. The Kier molecular flexibility index (Phi) is 3.97. The van der Waals surface area contributed by atoms with E-state index in [1.54, 1.807) is 0 Å². The van der Waals surface area contributed by atoms with Gasteiger partial charge in [-0.1, -0.05) is 6.92 Å². The predicted molar refractivity (Wildman–Crippen MR) is 89.8 cm³/mol. The van der Waals surface area contributed by atoms with Gasteiger partial charge in [0, 0.05) is 37.3 Å². The Morgan fingerprint density at radius 1 is 1.14 bits per heavy atom. The number of aryl methyl sites for hydroxylation is 1. The van der Waals surface area contributed by atoms with E-state index in [2.05, 4.69) is 29.7 Å². The number of rotatable bonds is 3. The first-order valence-electron chi connectivity index (χ1n) is 7.81. The molecular weight excluding hydrogens is 260 g/mol. The van der Waals surface area contributed by atoms with Crippen LogP contribution in [0.5, 0.6) is 0 Å². The summed E-state index contributed by atoms with van der Waals surface area (Å²) >= 11 is 0. The summed E-state index contributed by atoms with van der Waals surface area (Å²) in [4.78, 5) is 9.75. The van der Waals surface area contributed by atoms with Crippen LogP contribution in [0.3, 0.4) is 0 Å². The summed E-state index contributed by atoms with van der Waals surface area (Å²) in [6, 6.07) is 8.16. The van der Waals surface area contributed by atoms with Crippen molar-refractivity contribution in [1.82, 2.24) is 9.88 Å². The van der Waals surface area contributed by atoms with Gasteiger partial charge in [-0.05, 0) is 49.7 Å². The second-order valence-corrected chi connectivity index (χ2v) is 5.90. The van der Waals surface area contributed by atoms with Crippen LogP contribution < -0.4 is 10.6 Å². The number of aromatic nitrogens is 1. The minimum atomic E-state index is 0.799. The van der Waals surface area contributed by atoms with Crippen LogP contribution in [0.15, 0.2) is 24.3 Å². The first kappa shape index (κ1) is 14.1. The Hall–Kier alpha value is -1.81. The fraction of sp³-hybridized carbons (Fsp3) is 0.471. The van der Waals surface area contributed by atoms with Crippen molar-refractivity contribution in [3.8, 4) is 0 Å². The molecule has 0 amide bonds. The largest absolute Gasteiger partial charge is 0.399 e. The molecule has 3 rings (SSSR count). The molecule has 1 aromatic carbocycles. The van der Waals surface area contributed by atoms with Gasteiger partial charge < -0.3 is 10.6 Å². The van der Waals surface area contributed by atoms with E-state index in [0.717, 1.165) is 48.6 Å². The Morgan fingerprint density at radius 2 is 1.90 bits per heavy atom. The quantitative estimate of drug-likeness (QED) is 0.880. The summed E-state index contributed by atoms with van der Waals surface area (Å²) in [5.74, 6) is 1.10. The summed E-state index contributed by atoms with van der Waals surface area (Å²) in [5, 5.41) is 1.16. The van der Waals surface area contributed by atoms with Crippen molar-refractivity contribution in [3.63, 3.8) is 0 Å². The third kappa shape index (κ3) is 2.95. The first-order chi connectivity index (χ1) is 10.2. The van der Waals surface area contributed by atoms with Crippen LogP contribution in [0.4, 0.5) is 11.5 Å². The number of nitrogens with two attached hydrogens (primary N) is 1. The summed E-state index contributed by atoms with van der Waals surface area (Å²) < 4.78 is 0. The highest BCUT2D eigenvalue weighted by Gasteiger charge is 2.18. The van der Waals surface area contributed by atoms with Crippen LogP contribution in [0, 0.1) is 6.92 Å². The lowest BCUT2D eigenvalue weighted by atomic mass is 10.1. The van der Waals surface area contributed by atoms with E-state index in [4.69, 9.17) is 10.7 Å². The van der Waals surface area contributed by atoms with Gasteiger partial charge in [0.2, 0.25) is 0 Å². The van der Waals surface area contributed by atoms with Gasteiger partial charge in [0.1, 0.15) is 5.82 Å². The lowest BCUT2D eigenvalue weighted by Gasteiger charge is -2.35. The van der Waals surface area contributed by atoms with Gasteiger partial charge in [0.05, 0.1) is 5.52 Å². The lowest BCUT2D eigenvalue weighted by molar-refractivity contribution is 0.258. The highest BCUT2D eigenvalue weighted by atomic mass is 15.3. The van der Waals surface area contributed by atoms with E-state index in [0.29, 0.717) is 0 Å². The minimum absolute atomic E-state index is 0.799. The average molecular weight is 284 g/mol. The molecule has 21 heavy (non-hydrogen) atoms. The van der Waals surface area contributed by atoms with Crippen LogP contribution in [-0.2, 0) is 0 Å². The van der Waals surface area contributed by atoms with Gasteiger partial charge in [-0.15, -0.1) is 0 Å². The van der Waals surface area contributed by atoms with Crippen LogP contribution in [0.25, 0.3) is 10.9 Å². The molecule has 0 atom stereocenters. The molecule has 0 bridgehead atoms. The van der Waals surface area contributed by atoms with Crippen molar-refractivity contribution in [2.45, 2.75) is 20.3 Å². The minimum Gasteiger partial charge on any atom is -0.399 e. The van der Waals surface area contributed by atoms with Crippen molar-refractivity contribution in [3.05, 3.63) is 29.8 Å². The maximum atomic E-state index is 5.87. The summed E-state index contributed by atoms with van der Waals surface area (Å²) in [5.41, 5.74) is 8.96. The van der Waals surface area contributed by atoms with E-state index in [1.165, 1.54) is 18.5 Å². The summed E-state index contributed by atoms with van der Waals surface area (Å²) in [6.45, 7) is 9.98.